The van der Waals surface area contributed by atoms with Crippen molar-refractivity contribution in [2.24, 2.45) is 0 Å². The Labute approximate surface area is 153 Å². The number of hydrogen-bond donors (Lipinski definition) is 1. The lowest BCUT2D eigenvalue weighted by Gasteiger charge is -2.18. The highest BCUT2D eigenvalue weighted by Crippen LogP contribution is 2.30. The predicted molar refractivity (Wildman–Crippen MR) is 101 cm³/mol. The molecule has 0 fully saturated rings. The van der Waals surface area contributed by atoms with Crippen molar-refractivity contribution >= 4 is 23.6 Å². The van der Waals surface area contributed by atoms with Crippen LogP contribution in [-0.4, -0.2) is 20.1 Å². The molecular weight excluding hydrogens is 338 g/mol. The molecule has 1 atom stereocenters. The van der Waals surface area contributed by atoms with E-state index in [1.807, 2.05) is 37.3 Å². The number of hydrogen-bond acceptors (Lipinski definition) is 3. The first-order valence-corrected chi connectivity index (χ1v) is 8.41. The summed E-state index contributed by atoms with van der Waals surface area (Å²) in [7, 11) is 3.19. The quantitative estimate of drug-likeness (QED) is 0.733. The van der Waals surface area contributed by atoms with Gasteiger partial charge in [-0.2, -0.15) is 0 Å². The minimum atomic E-state index is -0.156. The maximum Gasteiger partial charge on any atom is 0.244 e. The lowest BCUT2D eigenvalue weighted by Crippen LogP contribution is -2.26. The van der Waals surface area contributed by atoms with Crippen molar-refractivity contribution in [1.29, 1.82) is 0 Å². The number of carbonyl (C=O) groups is 1. The van der Waals surface area contributed by atoms with Gasteiger partial charge in [-0.25, -0.2) is 0 Å². The highest BCUT2D eigenvalue weighted by molar-refractivity contribution is 6.30. The Balaban J connectivity index is 2.08. The van der Waals surface area contributed by atoms with Crippen LogP contribution < -0.4 is 14.8 Å². The highest BCUT2D eigenvalue weighted by atomic mass is 35.5. The third kappa shape index (κ3) is 5.26. The fourth-order valence-electron chi connectivity index (χ4n) is 2.46. The smallest absolute Gasteiger partial charge is 0.244 e. The second-order valence-corrected chi connectivity index (χ2v) is 5.91. The topological polar surface area (TPSA) is 47.6 Å². The van der Waals surface area contributed by atoms with Crippen molar-refractivity contribution in [3.05, 3.63) is 64.7 Å². The van der Waals surface area contributed by atoms with E-state index in [1.165, 1.54) is 6.08 Å². The van der Waals surface area contributed by atoms with Gasteiger partial charge in [-0.1, -0.05) is 36.7 Å². The molecule has 0 aliphatic carbocycles. The number of amides is 1. The molecule has 0 aliphatic heterocycles. The zero-order valence-corrected chi connectivity index (χ0v) is 15.3. The van der Waals surface area contributed by atoms with Crippen molar-refractivity contribution in [3.8, 4) is 11.5 Å². The van der Waals surface area contributed by atoms with Crippen LogP contribution in [0, 0.1) is 0 Å². The van der Waals surface area contributed by atoms with E-state index in [4.69, 9.17) is 21.1 Å². The molecule has 2 aromatic carbocycles. The van der Waals surface area contributed by atoms with E-state index in [2.05, 4.69) is 5.32 Å². The molecule has 0 saturated heterocycles. The first-order valence-electron chi connectivity index (χ1n) is 8.03. The molecule has 4 nitrogen and oxygen atoms in total. The van der Waals surface area contributed by atoms with E-state index in [-0.39, 0.29) is 11.9 Å². The fraction of sp³-hybridized carbons (Fsp3) is 0.250. The average molecular weight is 360 g/mol. The fourth-order valence-corrected chi connectivity index (χ4v) is 2.58. The molecule has 0 heterocycles. The molecule has 1 unspecified atom stereocenters. The average Bonchev–Trinajstić information content (AvgIpc) is 2.65. The second-order valence-electron chi connectivity index (χ2n) is 5.47. The van der Waals surface area contributed by atoms with Gasteiger partial charge in [0.05, 0.1) is 20.3 Å². The summed E-state index contributed by atoms with van der Waals surface area (Å²) < 4.78 is 10.6. The van der Waals surface area contributed by atoms with Gasteiger partial charge in [-0.15, -0.1) is 0 Å². The number of rotatable bonds is 7. The van der Waals surface area contributed by atoms with Crippen LogP contribution in [0.25, 0.3) is 6.08 Å². The Hall–Kier alpha value is -2.46. The van der Waals surface area contributed by atoms with E-state index >= 15 is 0 Å². The number of methoxy groups -OCH3 is 2. The SMILES string of the molecule is CCC(NC(=O)/C=C/c1ccc(Cl)cc1)c1ccc(OC)c(OC)c1. The molecule has 0 spiro atoms. The molecule has 5 heteroatoms. The van der Waals surface area contributed by atoms with E-state index in [1.54, 1.807) is 32.4 Å². The summed E-state index contributed by atoms with van der Waals surface area (Å²) in [6, 6.07) is 12.8. The van der Waals surface area contributed by atoms with E-state index in [0.717, 1.165) is 17.5 Å². The summed E-state index contributed by atoms with van der Waals surface area (Å²) in [5.41, 5.74) is 1.88. The predicted octanol–water partition coefficient (Wildman–Crippen LogP) is 4.64. The summed E-state index contributed by atoms with van der Waals surface area (Å²) in [5, 5.41) is 3.67. The second kappa shape index (κ2) is 9.14. The molecule has 0 aliphatic rings. The van der Waals surface area contributed by atoms with E-state index < -0.39 is 0 Å². The van der Waals surface area contributed by atoms with Gasteiger partial charge in [0.15, 0.2) is 11.5 Å². The molecule has 2 aromatic rings. The minimum Gasteiger partial charge on any atom is -0.493 e. The number of halogens is 1. The van der Waals surface area contributed by atoms with Gasteiger partial charge in [0, 0.05) is 11.1 Å². The Morgan fingerprint density at radius 3 is 2.40 bits per heavy atom. The lowest BCUT2D eigenvalue weighted by atomic mass is 10.0. The molecule has 132 valence electrons. The van der Waals surface area contributed by atoms with Crippen molar-refractivity contribution in [3.63, 3.8) is 0 Å². The van der Waals surface area contributed by atoms with Crippen LogP contribution in [0.3, 0.4) is 0 Å². The van der Waals surface area contributed by atoms with Gasteiger partial charge in [0.25, 0.3) is 0 Å². The van der Waals surface area contributed by atoms with Gasteiger partial charge < -0.3 is 14.8 Å². The van der Waals surface area contributed by atoms with Crippen molar-refractivity contribution in [1.82, 2.24) is 5.32 Å². The molecule has 2 rings (SSSR count). The van der Waals surface area contributed by atoms with Crippen molar-refractivity contribution in [2.75, 3.05) is 14.2 Å². The number of benzene rings is 2. The molecule has 0 radical (unpaired) electrons. The van der Waals surface area contributed by atoms with Crippen molar-refractivity contribution in [2.45, 2.75) is 19.4 Å². The Morgan fingerprint density at radius 2 is 1.80 bits per heavy atom. The standard InChI is InChI=1S/C20H22ClNO3/c1-4-17(15-8-11-18(24-2)19(13-15)25-3)22-20(23)12-7-14-5-9-16(21)10-6-14/h5-13,17H,4H2,1-3H3,(H,22,23)/b12-7+. The maximum absolute atomic E-state index is 12.2. The summed E-state index contributed by atoms with van der Waals surface area (Å²) in [6.45, 7) is 2.02. The Kier molecular flexibility index (Phi) is 6.90. The minimum absolute atomic E-state index is 0.109. The summed E-state index contributed by atoms with van der Waals surface area (Å²) >= 11 is 5.85. The first kappa shape index (κ1) is 18.9. The monoisotopic (exact) mass is 359 g/mol. The third-order valence-electron chi connectivity index (χ3n) is 3.83. The Bertz CT molecular complexity index is 741. The van der Waals surface area contributed by atoms with Gasteiger partial charge in [-0.3, -0.25) is 4.79 Å². The van der Waals surface area contributed by atoms with Gasteiger partial charge in [0.2, 0.25) is 5.91 Å². The Morgan fingerprint density at radius 1 is 1.12 bits per heavy atom. The van der Waals surface area contributed by atoms with Gasteiger partial charge in [-0.05, 0) is 47.9 Å². The maximum atomic E-state index is 12.2. The lowest BCUT2D eigenvalue weighted by molar-refractivity contribution is -0.117. The normalized spacial score (nSPS) is 12.0. The molecule has 0 aromatic heterocycles. The molecule has 0 saturated carbocycles. The summed E-state index contributed by atoms with van der Waals surface area (Å²) in [6.07, 6.45) is 4.04. The number of nitrogens with one attached hydrogen (secondary N) is 1. The van der Waals surface area contributed by atoms with Gasteiger partial charge in [0.1, 0.15) is 0 Å². The van der Waals surface area contributed by atoms with Crippen LogP contribution in [0.1, 0.15) is 30.5 Å². The van der Waals surface area contributed by atoms with Crippen LogP contribution in [0.2, 0.25) is 5.02 Å². The molecule has 25 heavy (non-hydrogen) atoms. The highest BCUT2D eigenvalue weighted by Gasteiger charge is 2.14. The number of carbonyl (C=O) groups excluding carboxylic acids is 1. The molecular formula is C20H22ClNO3. The summed E-state index contributed by atoms with van der Waals surface area (Å²) in [4.78, 5) is 12.2. The van der Waals surface area contributed by atoms with Crippen molar-refractivity contribution < 1.29 is 14.3 Å². The zero-order chi connectivity index (χ0) is 18.2. The van der Waals surface area contributed by atoms with E-state index in [0.29, 0.717) is 16.5 Å². The first-order chi connectivity index (χ1) is 12.1. The third-order valence-corrected chi connectivity index (χ3v) is 4.08. The largest absolute Gasteiger partial charge is 0.493 e. The molecule has 0 bridgehead atoms. The summed E-state index contributed by atoms with van der Waals surface area (Å²) in [5.74, 6) is 1.15. The van der Waals surface area contributed by atoms with E-state index in [9.17, 15) is 4.79 Å². The van der Waals surface area contributed by atoms with Crippen LogP contribution in [0.5, 0.6) is 11.5 Å². The van der Waals surface area contributed by atoms with Gasteiger partial charge >= 0.3 is 0 Å². The van der Waals surface area contributed by atoms with Crippen LogP contribution in [0.4, 0.5) is 0 Å². The zero-order valence-electron chi connectivity index (χ0n) is 14.6. The van der Waals surface area contributed by atoms with Crippen LogP contribution in [0.15, 0.2) is 48.5 Å². The van der Waals surface area contributed by atoms with Crippen LogP contribution >= 0.6 is 11.6 Å². The molecule has 1 N–H and O–H groups in total. The number of ether oxygens (including phenoxy) is 2. The molecule has 1 amide bonds. The van der Waals surface area contributed by atoms with Crippen LogP contribution in [-0.2, 0) is 4.79 Å².